The van der Waals surface area contributed by atoms with Gasteiger partial charge in [0.1, 0.15) is 0 Å². The first-order valence-corrected chi connectivity index (χ1v) is 20.2. The fourth-order valence-corrected chi connectivity index (χ4v) is 12.5. The van der Waals surface area contributed by atoms with E-state index in [1.165, 1.54) is 88.6 Å². The molecular formula is C45H36BNSSe. The summed E-state index contributed by atoms with van der Waals surface area (Å²) >= 11 is 2.08. The SMILES string of the molecule is CC1(c2ccccc2)c2cc(Sc3ccccc3)ccc2B2c3c(cccc3-n3c4c(c5ccccc53)CCCCC4)[Se]c3cccc1c32. The molecule has 1 aromatic heterocycles. The Morgan fingerprint density at radius 3 is 2.22 bits per heavy atom. The molecule has 0 bridgehead atoms. The molecule has 0 saturated heterocycles. The quantitative estimate of drug-likeness (QED) is 0.138. The zero-order valence-corrected chi connectivity index (χ0v) is 30.2. The third-order valence-electron chi connectivity index (χ3n) is 11.3. The van der Waals surface area contributed by atoms with Crippen molar-refractivity contribution in [2.75, 3.05) is 0 Å². The van der Waals surface area contributed by atoms with Gasteiger partial charge in [-0.25, -0.2) is 0 Å². The van der Waals surface area contributed by atoms with Gasteiger partial charge in [0.05, 0.1) is 0 Å². The summed E-state index contributed by atoms with van der Waals surface area (Å²) in [5.74, 6) is 0. The van der Waals surface area contributed by atoms with Crippen molar-refractivity contribution >= 4 is 69.6 Å². The molecule has 1 unspecified atom stereocenters. The van der Waals surface area contributed by atoms with Crippen molar-refractivity contribution in [1.29, 1.82) is 0 Å². The molecule has 7 aromatic rings. The van der Waals surface area contributed by atoms with Crippen molar-refractivity contribution in [3.63, 3.8) is 0 Å². The van der Waals surface area contributed by atoms with E-state index in [1.54, 1.807) is 16.7 Å². The number of hydrogen-bond acceptors (Lipinski definition) is 1. The second-order valence-electron chi connectivity index (χ2n) is 13.9. The monoisotopic (exact) mass is 713 g/mol. The van der Waals surface area contributed by atoms with E-state index in [2.05, 4.69) is 151 Å². The molecule has 49 heavy (non-hydrogen) atoms. The molecule has 1 aliphatic carbocycles. The van der Waals surface area contributed by atoms with Gasteiger partial charge in [0.2, 0.25) is 0 Å². The fourth-order valence-electron chi connectivity index (χ4n) is 9.13. The van der Waals surface area contributed by atoms with Gasteiger partial charge in [-0.05, 0) is 0 Å². The minimum atomic E-state index is -0.272. The number of rotatable bonds is 4. The molecule has 0 radical (unpaired) electrons. The second kappa shape index (κ2) is 11.7. The molecule has 3 aliphatic rings. The summed E-state index contributed by atoms with van der Waals surface area (Å²) in [6, 6.07) is 53.1. The number of nitrogens with zero attached hydrogens (tertiary/aromatic N) is 1. The molecule has 236 valence electrons. The normalized spacial score (nSPS) is 17.5. The standard InChI is InChI=1S/C45H36BNSSe/c1-45(30-15-5-2-6-16-30)35-21-13-25-41-43(35)46(37-28-27-32(29-36(37)45)48-31-17-7-3-8-18-31)44-40(24-14-26-42(44)49-41)47-38-22-10-4-9-19-33(38)34-20-11-12-23-39(34)47/h2-3,5-8,11-18,20-21,23-29H,4,9-10,19,22H2,1H3. The molecule has 1 nitrogen and oxygen atoms in total. The summed E-state index contributed by atoms with van der Waals surface area (Å²) in [4.78, 5) is 2.57. The molecule has 1 atom stereocenters. The van der Waals surface area contributed by atoms with Gasteiger partial charge in [0.15, 0.2) is 0 Å². The summed E-state index contributed by atoms with van der Waals surface area (Å²) in [5, 5.41) is 1.45. The molecule has 4 heteroatoms. The van der Waals surface area contributed by atoms with Crippen LogP contribution in [-0.2, 0) is 18.3 Å². The van der Waals surface area contributed by atoms with E-state index >= 15 is 0 Å². The van der Waals surface area contributed by atoms with Gasteiger partial charge in [-0.2, -0.15) is 0 Å². The first kappa shape index (κ1) is 29.7. The van der Waals surface area contributed by atoms with Gasteiger partial charge in [-0.1, -0.05) is 0 Å². The summed E-state index contributed by atoms with van der Waals surface area (Å²) in [6.07, 6.45) is 6.18. The average molecular weight is 713 g/mol. The van der Waals surface area contributed by atoms with Gasteiger partial charge in [-0.15, -0.1) is 0 Å². The number of aromatic nitrogens is 1. The fraction of sp³-hybridized carbons (Fsp3) is 0.156. The van der Waals surface area contributed by atoms with Crippen molar-refractivity contribution < 1.29 is 0 Å². The third-order valence-corrected chi connectivity index (χ3v) is 14.7. The molecule has 6 aromatic carbocycles. The Hall–Kier alpha value is -4.21. The zero-order valence-electron chi connectivity index (χ0n) is 27.7. The van der Waals surface area contributed by atoms with Gasteiger partial charge in [-0.3, -0.25) is 0 Å². The van der Waals surface area contributed by atoms with Crippen molar-refractivity contribution in [1.82, 2.24) is 4.57 Å². The van der Waals surface area contributed by atoms with Crippen LogP contribution in [-0.4, -0.2) is 26.2 Å². The van der Waals surface area contributed by atoms with Crippen LogP contribution in [0.15, 0.2) is 149 Å². The number of hydrogen-bond donors (Lipinski definition) is 0. The molecular weight excluding hydrogens is 676 g/mol. The Bertz CT molecular complexity index is 2400. The van der Waals surface area contributed by atoms with Crippen LogP contribution >= 0.6 is 11.8 Å². The van der Waals surface area contributed by atoms with E-state index in [1.807, 2.05) is 11.8 Å². The van der Waals surface area contributed by atoms with Crippen molar-refractivity contribution in [2.45, 2.75) is 54.2 Å². The summed E-state index contributed by atoms with van der Waals surface area (Å²) in [5.41, 5.74) is 14.4. The predicted octanol–water partition coefficient (Wildman–Crippen LogP) is 7.20. The van der Waals surface area contributed by atoms with Crippen LogP contribution in [0.2, 0.25) is 0 Å². The van der Waals surface area contributed by atoms with Crippen LogP contribution in [0.3, 0.4) is 0 Å². The number of para-hydroxylation sites is 1. The van der Waals surface area contributed by atoms with Crippen LogP contribution in [0.4, 0.5) is 0 Å². The van der Waals surface area contributed by atoms with Crippen LogP contribution in [0.1, 0.15) is 54.1 Å². The van der Waals surface area contributed by atoms with E-state index in [0.717, 1.165) is 6.42 Å². The molecule has 2 aliphatic heterocycles. The Morgan fingerprint density at radius 1 is 0.633 bits per heavy atom. The van der Waals surface area contributed by atoms with Gasteiger partial charge < -0.3 is 0 Å². The number of aryl methyl sites for hydroxylation is 1. The predicted molar refractivity (Wildman–Crippen MR) is 210 cm³/mol. The summed E-state index contributed by atoms with van der Waals surface area (Å²) in [7, 11) is 0. The Morgan fingerprint density at radius 2 is 1.37 bits per heavy atom. The Kier molecular flexibility index (Phi) is 7.09. The zero-order chi connectivity index (χ0) is 32.5. The van der Waals surface area contributed by atoms with Crippen molar-refractivity contribution in [3.05, 3.63) is 167 Å². The van der Waals surface area contributed by atoms with E-state index in [0.29, 0.717) is 0 Å². The van der Waals surface area contributed by atoms with Crippen LogP contribution in [0.5, 0.6) is 0 Å². The first-order chi connectivity index (χ1) is 24.2. The molecule has 10 rings (SSSR count). The summed E-state index contributed by atoms with van der Waals surface area (Å²) < 4.78 is 5.76. The average Bonchev–Trinajstić information content (AvgIpc) is 3.27. The molecule has 0 amide bonds. The third kappa shape index (κ3) is 4.54. The Labute approximate surface area is 300 Å². The minimum absolute atomic E-state index is 0.179. The van der Waals surface area contributed by atoms with E-state index in [4.69, 9.17) is 0 Å². The summed E-state index contributed by atoms with van der Waals surface area (Å²) in [6.45, 7) is 2.66. The van der Waals surface area contributed by atoms with Crippen LogP contribution < -0.4 is 25.3 Å². The number of benzene rings is 6. The van der Waals surface area contributed by atoms with Gasteiger partial charge in [0, 0.05) is 0 Å². The van der Waals surface area contributed by atoms with Gasteiger partial charge >= 0.3 is 302 Å². The van der Waals surface area contributed by atoms with Crippen molar-refractivity contribution in [2.24, 2.45) is 0 Å². The first-order valence-electron chi connectivity index (χ1n) is 17.7. The topological polar surface area (TPSA) is 4.93 Å². The van der Waals surface area contributed by atoms with E-state index in [9.17, 15) is 0 Å². The van der Waals surface area contributed by atoms with Crippen LogP contribution in [0.25, 0.3) is 16.6 Å². The Balaban J connectivity index is 1.26. The molecule has 0 saturated carbocycles. The van der Waals surface area contributed by atoms with Crippen LogP contribution in [0, 0.1) is 0 Å². The van der Waals surface area contributed by atoms with E-state index in [-0.39, 0.29) is 27.1 Å². The molecule has 0 fully saturated rings. The maximum atomic E-state index is 2.70. The molecule has 3 heterocycles. The second-order valence-corrected chi connectivity index (χ2v) is 17.4. The van der Waals surface area contributed by atoms with Gasteiger partial charge in [0.25, 0.3) is 0 Å². The van der Waals surface area contributed by atoms with Crippen molar-refractivity contribution in [3.8, 4) is 5.69 Å². The van der Waals surface area contributed by atoms with E-state index < -0.39 is 0 Å². The number of fused-ring (bicyclic) bond motifs is 7. The molecule has 0 spiro atoms. The maximum absolute atomic E-state index is 2.70. The molecule has 0 N–H and O–H groups in total.